The Balaban J connectivity index is 2.16. The third-order valence-electron chi connectivity index (χ3n) is 4.83. The van der Waals surface area contributed by atoms with E-state index in [0.717, 1.165) is 18.6 Å². The molecule has 7 heteroatoms. The molecule has 1 aromatic rings. The summed E-state index contributed by atoms with van der Waals surface area (Å²) in [7, 11) is 0. The van der Waals surface area contributed by atoms with Crippen LogP contribution in [0.15, 0.2) is 30.3 Å². The molecule has 1 aromatic carbocycles. The summed E-state index contributed by atoms with van der Waals surface area (Å²) < 4.78 is 38.0. The fraction of sp³-hybridized carbons (Fsp3) is 0.545. The van der Waals surface area contributed by atoms with Crippen molar-refractivity contribution in [2.45, 2.75) is 58.8 Å². The second kappa shape index (κ2) is 9.46. The van der Waals surface area contributed by atoms with Gasteiger partial charge in [-0.25, -0.2) is 0 Å². The van der Waals surface area contributed by atoms with Crippen molar-refractivity contribution in [1.82, 2.24) is 10.2 Å². The van der Waals surface area contributed by atoms with Gasteiger partial charge in [-0.1, -0.05) is 39.8 Å². The number of alkyl halides is 3. The molecule has 0 aromatic heterocycles. The molecule has 0 saturated carbocycles. The smallest absolute Gasteiger partial charge is 0.350 e. The molecule has 1 aliphatic rings. The van der Waals surface area contributed by atoms with Crippen LogP contribution >= 0.6 is 0 Å². The third-order valence-corrected chi connectivity index (χ3v) is 4.83. The van der Waals surface area contributed by atoms with Gasteiger partial charge in [0.15, 0.2) is 0 Å². The molecule has 1 heterocycles. The van der Waals surface area contributed by atoms with Crippen molar-refractivity contribution in [3.8, 4) is 0 Å². The van der Waals surface area contributed by atoms with Crippen LogP contribution in [-0.4, -0.2) is 35.3 Å². The Hall–Kier alpha value is -2.31. The van der Waals surface area contributed by atoms with E-state index in [2.05, 4.69) is 19.2 Å². The summed E-state index contributed by atoms with van der Waals surface area (Å²) in [6.45, 7) is 8.53. The van der Waals surface area contributed by atoms with Crippen LogP contribution in [0.1, 0.15) is 51.7 Å². The van der Waals surface area contributed by atoms with E-state index < -0.39 is 17.8 Å². The van der Waals surface area contributed by atoms with Gasteiger partial charge >= 0.3 is 6.18 Å². The number of piperazine rings is 1. The third kappa shape index (κ3) is 6.61. The Morgan fingerprint density at radius 3 is 2.24 bits per heavy atom. The molecule has 0 bridgehead atoms. The Bertz CT molecular complexity index is 739. The van der Waals surface area contributed by atoms with Crippen molar-refractivity contribution in [3.05, 3.63) is 41.5 Å². The quantitative estimate of drug-likeness (QED) is 0.702. The number of rotatable bonds is 6. The first-order chi connectivity index (χ1) is 13.5. The Morgan fingerprint density at radius 1 is 1.14 bits per heavy atom. The number of amides is 2. The van der Waals surface area contributed by atoms with Crippen molar-refractivity contribution in [2.75, 3.05) is 6.54 Å². The number of nitrogens with one attached hydrogen (secondary N) is 1. The van der Waals surface area contributed by atoms with Crippen molar-refractivity contribution >= 4 is 17.9 Å². The number of nitrogens with zero attached hydrogens (tertiary/aromatic N) is 1. The van der Waals surface area contributed by atoms with E-state index in [1.54, 1.807) is 4.90 Å². The summed E-state index contributed by atoms with van der Waals surface area (Å²) in [5, 5.41) is 3.02. The van der Waals surface area contributed by atoms with Gasteiger partial charge in [-0.05, 0) is 48.4 Å². The predicted octanol–water partition coefficient (Wildman–Crippen LogP) is 4.51. The van der Waals surface area contributed by atoms with Gasteiger partial charge < -0.3 is 10.2 Å². The van der Waals surface area contributed by atoms with E-state index in [9.17, 15) is 22.8 Å². The molecule has 2 rings (SSSR count). The molecule has 29 heavy (non-hydrogen) atoms. The highest BCUT2D eigenvalue weighted by atomic mass is 19.4. The molecule has 0 unspecified atom stereocenters. The average Bonchev–Trinajstić information content (AvgIpc) is 2.60. The minimum atomic E-state index is -4.39. The lowest BCUT2D eigenvalue weighted by atomic mass is 9.95. The molecule has 1 aliphatic heterocycles. The molecule has 160 valence electrons. The summed E-state index contributed by atoms with van der Waals surface area (Å²) in [6, 6.07) is 3.97. The van der Waals surface area contributed by atoms with Gasteiger partial charge in [-0.15, -0.1) is 0 Å². The maximum Gasteiger partial charge on any atom is 0.416 e. The Labute approximate surface area is 170 Å². The molecule has 0 radical (unpaired) electrons. The second-order valence-electron chi connectivity index (χ2n) is 8.42. The Morgan fingerprint density at radius 2 is 1.72 bits per heavy atom. The number of halogens is 3. The van der Waals surface area contributed by atoms with Gasteiger partial charge in [0.25, 0.3) is 0 Å². The number of hydrogen-bond acceptors (Lipinski definition) is 2. The highest BCUT2D eigenvalue weighted by Crippen LogP contribution is 2.29. The first-order valence-corrected chi connectivity index (χ1v) is 9.93. The number of carbonyl (C=O) groups excluding carboxylic acids is 2. The summed E-state index contributed by atoms with van der Waals surface area (Å²) in [5.74, 6) is 0.161. The molecule has 2 atom stereocenters. The van der Waals surface area contributed by atoms with E-state index in [4.69, 9.17) is 0 Å². The SMILES string of the molecule is CC(C)C[C@H]1CN(C(=O)/C=C/c2ccc(C(F)(F)F)cc2)[C@@H](CC(C)C)C(=O)N1. The van der Waals surface area contributed by atoms with Crippen LogP contribution in [0.25, 0.3) is 6.08 Å². The Kier molecular flexibility index (Phi) is 7.49. The van der Waals surface area contributed by atoms with Gasteiger partial charge in [0.2, 0.25) is 11.8 Å². The lowest BCUT2D eigenvalue weighted by Crippen LogP contribution is -2.61. The van der Waals surface area contributed by atoms with Gasteiger partial charge in [-0.3, -0.25) is 9.59 Å². The molecule has 1 fully saturated rings. The van der Waals surface area contributed by atoms with E-state index in [0.29, 0.717) is 24.4 Å². The van der Waals surface area contributed by atoms with Gasteiger partial charge in [0.05, 0.1) is 5.56 Å². The lowest BCUT2D eigenvalue weighted by molar-refractivity contribution is -0.142. The fourth-order valence-corrected chi connectivity index (χ4v) is 3.52. The zero-order chi connectivity index (χ0) is 21.8. The first kappa shape index (κ1) is 23.0. The topological polar surface area (TPSA) is 49.4 Å². The molecule has 0 spiro atoms. The highest BCUT2D eigenvalue weighted by Gasteiger charge is 2.37. The minimum absolute atomic E-state index is 0.102. The maximum absolute atomic E-state index is 12.8. The van der Waals surface area contributed by atoms with Crippen molar-refractivity contribution in [1.29, 1.82) is 0 Å². The van der Waals surface area contributed by atoms with E-state index in [-0.39, 0.29) is 23.8 Å². The molecular weight excluding hydrogens is 381 g/mol. The average molecular weight is 410 g/mol. The number of benzene rings is 1. The van der Waals surface area contributed by atoms with Crippen LogP contribution in [0.4, 0.5) is 13.2 Å². The van der Waals surface area contributed by atoms with Crippen LogP contribution < -0.4 is 5.32 Å². The normalized spacial score (nSPS) is 20.6. The zero-order valence-electron chi connectivity index (χ0n) is 17.3. The van der Waals surface area contributed by atoms with E-state index in [1.165, 1.54) is 24.3 Å². The second-order valence-corrected chi connectivity index (χ2v) is 8.42. The lowest BCUT2D eigenvalue weighted by Gasteiger charge is -2.40. The molecule has 2 amide bonds. The molecule has 1 N–H and O–H groups in total. The van der Waals surface area contributed by atoms with Gasteiger partial charge in [0.1, 0.15) is 6.04 Å². The van der Waals surface area contributed by atoms with Crippen LogP contribution in [0.3, 0.4) is 0 Å². The summed E-state index contributed by atoms with van der Waals surface area (Å²) in [5.41, 5.74) is -0.242. The predicted molar refractivity (Wildman–Crippen MR) is 107 cm³/mol. The van der Waals surface area contributed by atoms with Crippen molar-refractivity contribution < 1.29 is 22.8 Å². The molecule has 1 saturated heterocycles. The number of carbonyl (C=O) groups is 2. The van der Waals surface area contributed by atoms with Crippen LogP contribution in [0, 0.1) is 11.8 Å². The van der Waals surface area contributed by atoms with Crippen LogP contribution in [0.2, 0.25) is 0 Å². The van der Waals surface area contributed by atoms with Crippen LogP contribution in [0.5, 0.6) is 0 Å². The summed E-state index contributed by atoms with van der Waals surface area (Å²) >= 11 is 0. The first-order valence-electron chi connectivity index (χ1n) is 9.93. The monoisotopic (exact) mass is 410 g/mol. The minimum Gasteiger partial charge on any atom is -0.350 e. The number of hydrogen-bond donors (Lipinski definition) is 1. The van der Waals surface area contributed by atoms with E-state index in [1.807, 2.05) is 13.8 Å². The fourth-order valence-electron chi connectivity index (χ4n) is 3.52. The standard InChI is InChI=1S/C22H29F3N2O2/c1-14(2)11-18-13-27(19(12-15(3)4)21(29)26-18)20(28)10-7-16-5-8-17(9-6-16)22(23,24)25/h5-10,14-15,18-19H,11-13H2,1-4H3,(H,26,29)/b10-7+/t18-,19-/m0/s1. The molecule has 0 aliphatic carbocycles. The van der Waals surface area contributed by atoms with Crippen molar-refractivity contribution in [2.24, 2.45) is 11.8 Å². The van der Waals surface area contributed by atoms with Crippen molar-refractivity contribution in [3.63, 3.8) is 0 Å². The van der Waals surface area contributed by atoms with Gasteiger partial charge in [0, 0.05) is 18.7 Å². The molecule has 4 nitrogen and oxygen atoms in total. The molecular formula is C22H29F3N2O2. The maximum atomic E-state index is 12.8. The van der Waals surface area contributed by atoms with Gasteiger partial charge in [-0.2, -0.15) is 13.2 Å². The largest absolute Gasteiger partial charge is 0.416 e. The highest BCUT2D eigenvalue weighted by molar-refractivity contribution is 5.96. The summed E-state index contributed by atoms with van der Waals surface area (Å²) in [6.07, 6.45) is -0.249. The summed E-state index contributed by atoms with van der Waals surface area (Å²) in [4.78, 5) is 27.0. The van der Waals surface area contributed by atoms with E-state index >= 15 is 0 Å². The van der Waals surface area contributed by atoms with Crippen LogP contribution in [-0.2, 0) is 15.8 Å². The zero-order valence-corrected chi connectivity index (χ0v) is 17.3.